The van der Waals surface area contributed by atoms with E-state index in [1.54, 1.807) is 19.9 Å². The molecule has 4 rings (SSSR count). The summed E-state index contributed by atoms with van der Waals surface area (Å²) in [5.41, 5.74) is 13.7. The van der Waals surface area contributed by atoms with Crippen molar-refractivity contribution in [1.29, 1.82) is 0 Å². The molecule has 2 aromatic carbocycles. The molecular formula is C25H23Br2N7O4S. The molecule has 0 fully saturated rings. The van der Waals surface area contributed by atoms with Crippen molar-refractivity contribution in [3.8, 4) is 11.4 Å². The maximum absolute atomic E-state index is 11.9. The smallest absolute Gasteiger partial charge is 0.361 e. The normalized spacial score (nSPS) is 10.2. The van der Waals surface area contributed by atoms with Crippen LogP contribution in [0.25, 0.3) is 11.4 Å². The van der Waals surface area contributed by atoms with Crippen molar-refractivity contribution in [1.82, 2.24) is 19.6 Å². The number of rotatable bonds is 7. The Morgan fingerprint density at radius 2 is 1.49 bits per heavy atom. The summed E-state index contributed by atoms with van der Waals surface area (Å²) in [6.45, 7) is 3.98. The quantitative estimate of drug-likeness (QED) is 0.146. The first-order chi connectivity index (χ1) is 18.7. The maximum Gasteiger partial charge on any atom is 0.361 e. The van der Waals surface area contributed by atoms with Crippen LogP contribution in [-0.2, 0) is 9.47 Å². The van der Waals surface area contributed by atoms with Crippen LogP contribution in [0.4, 0.5) is 17.3 Å². The summed E-state index contributed by atoms with van der Waals surface area (Å²) in [7, 11) is 0. The number of nitrogens with zero attached hydrogens (tertiary/aromatic N) is 5. The Kier molecular flexibility index (Phi) is 10.5. The van der Waals surface area contributed by atoms with Gasteiger partial charge in [0.25, 0.3) is 0 Å². The van der Waals surface area contributed by atoms with Gasteiger partial charge in [0.1, 0.15) is 5.82 Å². The number of carbonyl (C=O) groups is 2. The molecule has 0 atom stereocenters. The number of aliphatic imine (C=N–C) groups is 1. The average Bonchev–Trinajstić information content (AvgIpc) is 3.45. The summed E-state index contributed by atoms with van der Waals surface area (Å²) >= 11 is 11.3. The van der Waals surface area contributed by atoms with E-state index >= 15 is 0 Å². The van der Waals surface area contributed by atoms with Crippen LogP contribution in [0.2, 0.25) is 0 Å². The van der Waals surface area contributed by atoms with Gasteiger partial charge in [-0.1, -0.05) is 44.0 Å². The van der Waals surface area contributed by atoms with Crippen LogP contribution in [0.1, 0.15) is 34.8 Å². The zero-order valence-electron chi connectivity index (χ0n) is 20.8. The number of hydrogen-bond acceptors (Lipinski definition) is 10. The Hall–Kier alpha value is -3.84. The number of carbonyl (C=O) groups excluding carboxylic acids is 2. The van der Waals surface area contributed by atoms with Gasteiger partial charge < -0.3 is 20.9 Å². The first kappa shape index (κ1) is 29.7. The minimum absolute atomic E-state index is 0.00618. The van der Waals surface area contributed by atoms with Crippen molar-refractivity contribution < 1.29 is 19.1 Å². The zero-order valence-corrected chi connectivity index (χ0v) is 24.8. The van der Waals surface area contributed by atoms with Crippen molar-refractivity contribution in [3.05, 3.63) is 74.9 Å². The van der Waals surface area contributed by atoms with Crippen LogP contribution >= 0.6 is 44.1 Å². The highest BCUT2D eigenvalue weighted by atomic mass is 79.9. The Balaban J connectivity index is 0.000000218. The minimum Gasteiger partial charge on any atom is -0.461 e. The van der Waals surface area contributed by atoms with E-state index in [1.807, 2.05) is 42.5 Å². The van der Waals surface area contributed by atoms with Gasteiger partial charge in [0.2, 0.25) is 0 Å². The van der Waals surface area contributed by atoms with E-state index in [1.165, 1.54) is 15.4 Å². The van der Waals surface area contributed by atoms with Crippen molar-refractivity contribution in [3.63, 3.8) is 0 Å². The van der Waals surface area contributed by atoms with E-state index in [0.29, 0.717) is 18.1 Å². The molecule has 0 aliphatic rings. The van der Waals surface area contributed by atoms with Gasteiger partial charge in [-0.2, -0.15) is 15.2 Å². The van der Waals surface area contributed by atoms with Gasteiger partial charge >= 0.3 is 11.9 Å². The van der Waals surface area contributed by atoms with Gasteiger partial charge in [-0.05, 0) is 62.5 Å². The number of benzene rings is 2. The van der Waals surface area contributed by atoms with Crippen molar-refractivity contribution >= 4 is 78.5 Å². The van der Waals surface area contributed by atoms with Crippen LogP contribution in [0.3, 0.4) is 0 Å². The second-order valence-corrected chi connectivity index (χ2v) is 9.48. The summed E-state index contributed by atoms with van der Waals surface area (Å²) < 4.78 is 14.5. The molecule has 0 unspecified atom stereocenters. The van der Waals surface area contributed by atoms with Gasteiger partial charge in [0.15, 0.2) is 22.9 Å². The molecule has 0 saturated heterocycles. The predicted octanol–water partition coefficient (Wildman–Crippen LogP) is 5.52. The summed E-state index contributed by atoms with van der Waals surface area (Å²) in [6, 6.07) is 16.3. The third kappa shape index (κ3) is 7.39. The molecule has 2 aromatic heterocycles. The molecule has 202 valence electrons. The highest BCUT2D eigenvalue weighted by Gasteiger charge is 2.23. The molecule has 0 bridgehead atoms. The average molecular weight is 677 g/mol. The molecule has 0 spiro atoms. The number of nitrogens with two attached hydrogens (primary N) is 2. The maximum atomic E-state index is 11.9. The number of thiocarbonyl (C=S) groups is 1. The summed E-state index contributed by atoms with van der Waals surface area (Å²) in [4.78, 5) is 27.3. The predicted molar refractivity (Wildman–Crippen MR) is 158 cm³/mol. The lowest BCUT2D eigenvalue weighted by Gasteiger charge is -2.03. The Morgan fingerprint density at radius 1 is 0.923 bits per heavy atom. The Bertz CT molecular complexity index is 1550. The number of hydrogen-bond donors (Lipinski definition) is 2. The first-order valence-corrected chi connectivity index (χ1v) is 13.4. The van der Waals surface area contributed by atoms with Crippen LogP contribution in [0.15, 0.2) is 68.5 Å². The van der Waals surface area contributed by atoms with Crippen LogP contribution < -0.4 is 11.5 Å². The summed E-state index contributed by atoms with van der Waals surface area (Å²) in [5.74, 6) is -0.510. The fourth-order valence-electron chi connectivity index (χ4n) is 3.24. The van der Waals surface area contributed by atoms with Gasteiger partial charge in [-0.3, -0.25) is 0 Å². The third-order valence-corrected chi connectivity index (χ3v) is 5.93. The van der Waals surface area contributed by atoms with E-state index in [9.17, 15) is 9.59 Å². The van der Waals surface area contributed by atoms with Gasteiger partial charge in [-0.15, -0.1) is 0 Å². The second-order valence-electron chi connectivity index (χ2n) is 7.46. The number of nitrogen functional groups attached to an aromatic ring is 2. The molecule has 0 aliphatic heterocycles. The molecule has 4 aromatic rings. The van der Waals surface area contributed by atoms with Crippen LogP contribution in [-0.4, -0.2) is 49.9 Å². The highest BCUT2D eigenvalue weighted by Crippen LogP contribution is 2.30. The van der Waals surface area contributed by atoms with E-state index in [4.69, 9.17) is 20.9 Å². The molecule has 39 heavy (non-hydrogen) atoms. The van der Waals surface area contributed by atoms with Crippen molar-refractivity contribution in [2.45, 2.75) is 13.8 Å². The van der Waals surface area contributed by atoms with Gasteiger partial charge in [-0.25, -0.2) is 19.0 Å². The molecule has 0 radical (unpaired) electrons. The molecule has 0 amide bonds. The van der Waals surface area contributed by atoms with E-state index in [2.05, 4.69) is 64.4 Å². The van der Waals surface area contributed by atoms with E-state index in [-0.39, 0.29) is 29.5 Å². The minimum atomic E-state index is -0.609. The number of esters is 2. The molecular weight excluding hydrogens is 654 g/mol. The lowest BCUT2D eigenvalue weighted by atomic mass is 10.3. The summed E-state index contributed by atoms with van der Waals surface area (Å²) in [5, 5.41) is 10.5. The lowest BCUT2D eigenvalue weighted by Crippen LogP contribution is -2.07. The molecule has 2 heterocycles. The highest BCUT2D eigenvalue weighted by molar-refractivity contribution is 9.10. The van der Waals surface area contributed by atoms with Gasteiger partial charge in [0, 0.05) is 15.0 Å². The molecule has 14 heteroatoms. The third-order valence-electron chi connectivity index (χ3n) is 4.85. The first-order valence-electron chi connectivity index (χ1n) is 11.4. The van der Waals surface area contributed by atoms with Crippen molar-refractivity contribution in [2.24, 2.45) is 4.99 Å². The molecule has 0 aliphatic carbocycles. The fourth-order valence-corrected chi connectivity index (χ4v) is 4.10. The molecule has 0 saturated carbocycles. The Labute approximate surface area is 246 Å². The van der Waals surface area contributed by atoms with Crippen LogP contribution in [0.5, 0.6) is 0 Å². The SMILES string of the molecule is CCOC(=O)c1cc(N)n(-c2cccc(Br)c2)n1.CCOC(=O)c1nn(-c2cccc(Br)c2)c(N)c1N=C=S. The van der Waals surface area contributed by atoms with E-state index < -0.39 is 11.9 Å². The van der Waals surface area contributed by atoms with Crippen LogP contribution in [0, 0.1) is 0 Å². The number of ether oxygens (including phenoxy) is 2. The Morgan fingerprint density at radius 3 is 2.03 bits per heavy atom. The number of aromatic nitrogens is 4. The topological polar surface area (TPSA) is 153 Å². The molecule has 4 N–H and O–H groups in total. The van der Waals surface area contributed by atoms with E-state index in [0.717, 1.165) is 14.6 Å². The van der Waals surface area contributed by atoms with Gasteiger partial charge in [0.05, 0.1) is 29.7 Å². The second kappa shape index (κ2) is 13.8. The largest absolute Gasteiger partial charge is 0.461 e. The lowest BCUT2D eigenvalue weighted by molar-refractivity contribution is 0.0510. The fraction of sp³-hybridized carbons (Fsp3) is 0.160. The summed E-state index contributed by atoms with van der Waals surface area (Å²) in [6.07, 6.45) is 0. The zero-order chi connectivity index (χ0) is 28.5. The number of halogens is 2. The number of anilines is 2. The monoisotopic (exact) mass is 675 g/mol. The number of isothiocyanates is 1. The molecule has 11 nitrogen and oxygen atoms in total. The standard InChI is InChI=1S/C13H11BrN4O2S.C12H12BrN3O2/c1-2-20-13(19)11-10(16-7-21)12(15)18(17-11)9-5-3-4-8(14)6-9;1-2-18-12(17)10-7-11(14)16(15-10)9-5-3-4-8(13)6-9/h3-6H,2,15H2,1H3;3-7H,2,14H2,1H3. The van der Waals surface area contributed by atoms with Crippen molar-refractivity contribution in [2.75, 3.05) is 24.7 Å².